The Bertz CT molecular complexity index is 464. The van der Waals surface area contributed by atoms with Gasteiger partial charge in [0.1, 0.15) is 0 Å². The Hall–Kier alpha value is -0.610. The zero-order valence-electron chi connectivity index (χ0n) is 12.5. The Morgan fingerprint density at radius 1 is 1.25 bits per heavy atom. The van der Waals surface area contributed by atoms with Crippen LogP contribution >= 0.6 is 12.2 Å². The van der Waals surface area contributed by atoms with Crippen molar-refractivity contribution in [1.82, 2.24) is 10.2 Å². The smallest absolute Gasteiger partial charge is 0.178 e. The van der Waals surface area contributed by atoms with Crippen LogP contribution in [0.15, 0.2) is 11.3 Å². The molecule has 20 heavy (non-hydrogen) atoms. The van der Waals surface area contributed by atoms with Gasteiger partial charge in [-0.3, -0.25) is 4.90 Å². The Morgan fingerprint density at radius 3 is 2.85 bits per heavy atom. The Labute approximate surface area is 127 Å². The third-order valence-electron chi connectivity index (χ3n) is 5.87. The molecule has 110 valence electrons. The number of quaternary nitrogens is 1. The molecular formula is C16H26N3S+. The molecule has 2 heterocycles. The van der Waals surface area contributed by atoms with Gasteiger partial charge in [-0.25, -0.2) is 0 Å². The first kappa shape index (κ1) is 13.1. The van der Waals surface area contributed by atoms with Gasteiger partial charge in [0.2, 0.25) is 0 Å². The van der Waals surface area contributed by atoms with Gasteiger partial charge in [-0.15, -0.1) is 0 Å². The van der Waals surface area contributed by atoms with Crippen LogP contribution in [0.5, 0.6) is 0 Å². The average Bonchev–Trinajstić information content (AvgIpc) is 2.45. The van der Waals surface area contributed by atoms with Crippen molar-refractivity contribution in [3.63, 3.8) is 0 Å². The fourth-order valence-electron chi connectivity index (χ4n) is 5.05. The lowest BCUT2D eigenvalue weighted by molar-refractivity contribution is -0.896. The van der Waals surface area contributed by atoms with Gasteiger partial charge in [-0.2, -0.15) is 0 Å². The van der Waals surface area contributed by atoms with Gasteiger partial charge in [0.15, 0.2) is 11.8 Å². The van der Waals surface area contributed by atoms with Crippen molar-refractivity contribution in [2.45, 2.75) is 56.9 Å². The van der Waals surface area contributed by atoms with E-state index in [-0.39, 0.29) is 5.54 Å². The van der Waals surface area contributed by atoms with Crippen LogP contribution in [0.2, 0.25) is 0 Å². The minimum atomic E-state index is 0.241. The standard InChI is InChI=1S/C16H25N3S/c1-18-10-12-6-5-7-13-14(12)19(11-18)15(20)17-16(13)8-3-2-4-9-16/h12H,2-11H2,1H3,(H,17,20)/p+1. The van der Waals surface area contributed by atoms with Crippen molar-refractivity contribution < 1.29 is 4.90 Å². The second-order valence-electron chi connectivity index (χ2n) is 7.27. The van der Waals surface area contributed by atoms with Gasteiger partial charge in [0.25, 0.3) is 0 Å². The van der Waals surface area contributed by atoms with E-state index >= 15 is 0 Å². The second kappa shape index (κ2) is 4.70. The van der Waals surface area contributed by atoms with Crippen LogP contribution < -0.4 is 10.2 Å². The lowest BCUT2D eigenvalue weighted by Crippen LogP contribution is -3.13. The molecule has 2 atom stereocenters. The molecule has 1 saturated heterocycles. The molecule has 2 N–H and O–H groups in total. The monoisotopic (exact) mass is 292 g/mol. The first-order valence-corrected chi connectivity index (χ1v) is 8.75. The van der Waals surface area contributed by atoms with Crippen LogP contribution in [0.25, 0.3) is 0 Å². The third-order valence-corrected chi connectivity index (χ3v) is 6.19. The Kier molecular flexibility index (Phi) is 3.08. The molecule has 0 bridgehead atoms. The molecule has 0 aromatic rings. The summed E-state index contributed by atoms with van der Waals surface area (Å²) in [5, 5.41) is 4.80. The van der Waals surface area contributed by atoms with Gasteiger partial charge in [-0.05, 0) is 49.9 Å². The summed E-state index contributed by atoms with van der Waals surface area (Å²) in [6, 6.07) is 0. The topological polar surface area (TPSA) is 19.7 Å². The van der Waals surface area contributed by atoms with Crippen LogP contribution in [0.1, 0.15) is 51.4 Å². The molecule has 3 nitrogen and oxygen atoms in total. The van der Waals surface area contributed by atoms with Gasteiger partial charge in [-0.1, -0.05) is 19.3 Å². The number of rotatable bonds is 0. The van der Waals surface area contributed by atoms with E-state index in [4.69, 9.17) is 12.2 Å². The number of hydrogen-bond acceptors (Lipinski definition) is 1. The van der Waals surface area contributed by atoms with Crippen LogP contribution in [0.4, 0.5) is 0 Å². The zero-order valence-corrected chi connectivity index (χ0v) is 13.3. The highest BCUT2D eigenvalue weighted by molar-refractivity contribution is 7.80. The number of hydrogen-bond donors (Lipinski definition) is 2. The predicted octanol–water partition coefficient (Wildman–Crippen LogP) is 1.42. The highest BCUT2D eigenvalue weighted by atomic mass is 32.1. The summed E-state index contributed by atoms with van der Waals surface area (Å²) in [4.78, 5) is 4.04. The van der Waals surface area contributed by atoms with Crippen molar-refractivity contribution >= 4 is 17.3 Å². The average molecular weight is 292 g/mol. The summed E-state index contributed by atoms with van der Waals surface area (Å²) in [5.74, 6) is 0.756. The summed E-state index contributed by atoms with van der Waals surface area (Å²) in [7, 11) is 2.30. The minimum Gasteiger partial charge on any atom is -0.353 e. The maximum absolute atomic E-state index is 5.76. The molecule has 0 aromatic heterocycles. The molecule has 0 radical (unpaired) electrons. The van der Waals surface area contributed by atoms with E-state index < -0.39 is 0 Å². The molecule has 4 aliphatic rings. The largest absolute Gasteiger partial charge is 0.353 e. The summed E-state index contributed by atoms with van der Waals surface area (Å²) >= 11 is 5.76. The quantitative estimate of drug-likeness (QED) is 0.659. The van der Waals surface area contributed by atoms with Gasteiger partial charge in [0.05, 0.1) is 19.1 Å². The lowest BCUT2D eigenvalue weighted by atomic mass is 9.68. The third kappa shape index (κ3) is 1.84. The van der Waals surface area contributed by atoms with Crippen LogP contribution in [0.3, 0.4) is 0 Å². The van der Waals surface area contributed by atoms with E-state index in [0.29, 0.717) is 0 Å². The van der Waals surface area contributed by atoms with Crippen molar-refractivity contribution in [3.8, 4) is 0 Å². The lowest BCUT2D eigenvalue weighted by Gasteiger charge is -2.54. The molecule has 2 unspecified atom stereocenters. The van der Waals surface area contributed by atoms with E-state index in [1.807, 2.05) is 0 Å². The van der Waals surface area contributed by atoms with Crippen LogP contribution in [0, 0.1) is 5.92 Å². The normalized spacial score (nSPS) is 35.9. The van der Waals surface area contributed by atoms with Crippen LogP contribution in [-0.4, -0.2) is 35.8 Å². The molecule has 0 aromatic carbocycles. The van der Waals surface area contributed by atoms with Gasteiger partial charge in [0, 0.05) is 11.6 Å². The minimum absolute atomic E-state index is 0.241. The van der Waals surface area contributed by atoms with E-state index in [0.717, 1.165) is 17.7 Å². The van der Waals surface area contributed by atoms with Crippen LogP contribution in [-0.2, 0) is 0 Å². The Balaban J connectivity index is 1.81. The Morgan fingerprint density at radius 2 is 2.05 bits per heavy atom. The maximum atomic E-state index is 5.76. The second-order valence-corrected chi connectivity index (χ2v) is 7.66. The molecule has 2 aliphatic heterocycles. The number of nitrogens with zero attached hydrogens (tertiary/aromatic N) is 1. The predicted molar refractivity (Wildman–Crippen MR) is 84.4 cm³/mol. The summed E-state index contributed by atoms with van der Waals surface area (Å²) in [6.45, 7) is 2.35. The molecule has 4 heteroatoms. The fourth-order valence-corrected chi connectivity index (χ4v) is 5.41. The summed E-state index contributed by atoms with van der Waals surface area (Å²) in [6.07, 6.45) is 10.8. The van der Waals surface area contributed by atoms with Gasteiger partial charge < -0.3 is 10.2 Å². The van der Waals surface area contributed by atoms with Crippen molar-refractivity contribution in [1.29, 1.82) is 0 Å². The fraction of sp³-hybridized carbons (Fsp3) is 0.812. The van der Waals surface area contributed by atoms with E-state index in [9.17, 15) is 0 Å². The maximum Gasteiger partial charge on any atom is 0.178 e. The van der Waals surface area contributed by atoms with Gasteiger partial charge >= 0.3 is 0 Å². The molecular weight excluding hydrogens is 266 g/mol. The highest BCUT2D eigenvalue weighted by Crippen LogP contribution is 2.46. The molecule has 2 fully saturated rings. The first-order chi connectivity index (χ1) is 9.70. The summed E-state index contributed by atoms with van der Waals surface area (Å²) < 4.78 is 0. The van der Waals surface area contributed by atoms with E-state index in [1.165, 1.54) is 57.9 Å². The molecule has 0 amide bonds. The highest BCUT2D eigenvalue weighted by Gasteiger charge is 2.48. The zero-order chi connectivity index (χ0) is 13.7. The number of thiocarbonyl (C=S) groups is 1. The van der Waals surface area contributed by atoms with E-state index in [2.05, 4.69) is 17.3 Å². The van der Waals surface area contributed by atoms with E-state index in [1.54, 1.807) is 16.2 Å². The number of nitrogens with one attached hydrogen (secondary N) is 2. The van der Waals surface area contributed by atoms with Crippen molar-refractivity contribution in [3.05, 3.63) is 11.3 Å². The van der Waals surface area contributed by atoms with Crippen molar-refractivity contribution in [2.24, 2.45) is 5.92 Å². The van der Waals surface area contributed by atoms with Crippen molar-refractivity contribution in [2.75, 3.05) is 20.3 Å². The number of fused-ring (bicyclic) bond motifs is 1. The SMILES string of the molecule is C[NH+]1CC2CCCC3=C2N(C1)C(=S)NC31CCCCC1. The molecule has 2 aliphatic carbocycles. The summed E-state index contributed by atoms with van der Waals surface area (Å²) in [5.41, 5.74) is 3.63. The molecule has 1 spiro atoms. The molecule has 4 rings (SSSR count). The molecule has 1 saturated carbocycles. The first-order valence-electron chi connectivity index (χ1n) is 8.34.